The van der Waals surface area contributed by atoms with Gasteiger partial charge in [0.2, 0.25) is 5.91 Å². The van der Waals surface area contributed by atoms with Gasteiger partial charge >= 0.3 is 0 Å². The third kappa shape index (κ3) is 4.66. The highest BCUT2D eigenvalue weighted by Gasteiger charge is 2.51. The number of likely N-dealkylation sites (tertiary alicyclic amines) is 2. The lowest BCUT2D eigenvalue weighted by atomic mass is 9.67. The van der Waals surface area contributed by atoms with E-state index in [4.69, 9.17) is 0 Å². The van der Waals surface area contributed by atoms with Gasteiger partial charge in [-0.1, -0.05) is 37.5 Å². The van der Waals surface area contributed by atoms with Crippen LogP contribution in [0.4, 0.5) is 0 Å². The Morgan fingerprint density at radius 1 is 1.00 bits per heavy atom. The number of nitrogens with one attached hydrogen (secondary N) is 1. The molecule has 5 nitrogen and oxygen atoms in total. The van der Waals surface area contributed by atoms with Crippen molar-refractivity contribution in [1.82, 2.24) is 15.1 Å². The second-order valence-electron chi connectivity index (χ2n) is 9.22. The third-order valence-electron chi connectivity index (χ3n) is 7.27. The van der Waals surface area contributed by atoms with E-state index in [9.17, 15) is 9.59 Å². The van der Waals surface area contributed by atoms with Gasteiger partial charge in [-0.3, -0.25) is 9.59 Å². The number of rotatable bonds is 6. The highest BCUT2D eigenvalue weighted by atomic mass is 16.2. The molecule has 2 saturated heterocycles. The maximum atomic E-state index is 13.2. The van der Waals surface area contributed by atoms with Crippen LogP contribution in [0.1, 0.15) is 61.7 Å². The molecule has 5 heteroatoms. The maximum Gasteiger partial charge on any atom is 0.253 e. The smallest absolute Gasteiger partial charge is 0.253 e. The van der Waals surface area contributed by atoms with Crippen LogP contribution in [0.2, 0.25) is 0 Å². The number of hydrogen-bond donors (Lipinski definition) is 1. The van der Waals surface area contributed by atoms with Crippen molar-refractivity contribution in [2.45, 2.75) is 51.4 Å². The van der Waals surface area contributed by atoms with E-state index in [-0.39, 0.29) is 23.1 Å². The third-order valence-corrected chi connectivity index (χ3v) is 7.27. The zero-order valence-corrected chi connectivity index (χ0v) is 17.6. The van der Waals surface area contributed by atoms with E-state index in [1.165, 1.54) is 45.2 Å². The Labute approximate surface area is 174 Å². The Balaban J connectivity index is 1.38. The van der Waals surface area contributed by atoms with Gasteiger partial charge in [0.1, 0.15) is 0 Å². The summed E-state index contributed by atoms with van der Waals surface area (Å²) in [5.74, 6) is 0.166. The molecule has 29 heavy (non-hydrogen) atoms. The quantitative estimate of drug-likeness (QED) is 0.750. The predicted octanol–water partition coefficient (Wildman–Crippen LogP) is 3.31. The molecule has 1 atom stereocenters. The number of amides is 2. The summed E-state index contributed by atoms with van der Waals surface area (Å²) in [6.45, 7) is 5.52. The van der Waals surface area contributed by atoms with Gasteiger partial charge in [-0.25, -0.2) is 0 Å². The average molecular weight is 398 g/mol. The zero-order valence-electron chi connectivity index (χ0n) is 17.6. The fourth-order valence-corrected chi connectivity index (χ4v) is 5.65. The second kappa shape index (κ2) is 9.29. The monoisotopic (exact) mass is 397 g/mol. The first-order chi connectivity index (χ1) is 14.2. The van der Waals surface area contributed by atoms with Gasteiger partial charge in [-0.15, -0.1) is 0 Å². The molecule has 0 bridgehead atoms. The van der Waals surface area contributed by atoms with Crippen molar-refractivity contribution >= 4 is 11.8 Å². The zero-order chi connectivity index (χ0) is 20.1. The minimum atomic E-state index is -0.0674. The fourth-order valence-electron chi connectivity index (χ4n) is 5.65. The van der Waals surface area contributed by atoms with Gasteiger partial charge in [0.25, 0.3) is 5.91 Å². The van der Waals surface area contributed by atoms with Crippen LogP contribution in [-0.4, -0.2) is 60.9 Å². The van der Waals surface area contributed by atoms with Crippen molar-refractivity contribution in [3.63, 3.8) is 0 Å². The van der Waals surface area contributed by atoms with Crippen LogP contribution in [0.5, 0.6) is 0 Å². The molecule has 1 N–H and O–H groups in total. The molecule has 0 aromatic heterocycles. The van der Waals surface area contributed by atoms with Gasteiger partial charge in [-0.2, -0.15) is 0 Å². The SMILES string of the molecule is O=C(NCCCN1CCCC1)C1CN(C(=O)c2ccccc2)CC12CCCCC2. The van der Waals surface area contributed by atoms with Crippen molar-refractivity contribution in [1.29, 1.82) is 0 Å². The second-order valence-corrected chi connectivity index (χ2v) is 9.22. The maximum absolute atomic E-state index is 13.2. The van der Waals surface area contributed by atoms with E-state index in [1.54, 1.807) is 0 Å². The molecule has 1 aromatic carbocycles. The van der Waals surface area contributed by atoms with Crippen LogP contribution in [0.15, 0.2) is 30.3 Å². The summed E-state index contributed by atoms with van der Waals surface area (Å²) in [5, 5.41) is 3.22. The summed E-state index contributed by atoms with van der Waals surface area (Å²) in [6, 6.07) is 9.50. The van der Waals surface area contributed by atoms with Crippen molar-refractivity contribution < 1.29 is 9.59 Å². The highest BCUT2D eigenvalue weighted by Crippen LogP contribution is 2.48. The summed E-state index contributed by atoms with van der Waals surface area (Å²) in [4.78, 5) is 30.6. The van der Waals surface area contributed by atoms with E-state index >= 15 is 0 Å². The average Bonchev–Trinajstić information content (AvgIpc) is 3.40. The van der Waals surface area contributed by atoms with Crippen LogP contribution < -0.4 is 5.32 Å². The summed E-state index contributed by atoms with van der Waals surface area (Å²) >= 11 is 0. The highest BCUT2D eigenvalue weighted by molar-refractivity contribution is 5.95. The predicted molar refractivity (Wildman–Crippen MR) is 115 cm³/mol. The number of carbonyl (C=O) groups is 2. The van der Waals surface area contributed by atoms with Crippen molar-refractivity contribution in [2.24, 2.45) is 11.3 Å². The molecule has 3 fully saturated rings. The molecule has 1 aromatic rings. The topological polar surface area (TPSA) is 52.7 Å². The number of hydrogen-bond acceptors (Lipinski definition) is 3. The Kier molecular flexibility index (Phi) is 6.53. The minimum absolute atomic E-state index is 0.0261. The molecule has 1 aliphatic carbocycles. The van der Waals surface area contributed by atoms with E-state index in [1.807, 2.05) is 35.2 Å². The lowest BCUT2D eigenvalue weighted by molar-refractivity contribution is -0.128. The molecule has 0 radical (unpaired) electrons. The Morgan fingerprint density at radius 2 is 1.72 bits per heavy atom. The van der Waals surface area contributed by atoms with Gasteiger partial charge in [0, 0.05) is 30.6 Å². The summed E-state index contributed by atoms with van der Waals surface area (Å²) in [5.41, 5.74) is 0.701. The van der Waals surface area contributed by atoms with Gasteiger partial charge < -0.3 is 15.1 Å². The normalized spacial score (nSPS) is 24.1. The van der Waals surface area contributed by atoms with Gasteiger partial charge in [0.05, 0.1) is 5.92 Å². The van der Waals surface area contributed by atoms with Crippen molar-refractivity contribution in [3.05, 3.63) is 35.9 Å². The van der Waals surface area contributed by atoms with Crippen LogP contribution in [-0.2, 0) is 4.79 Å². The molecule has 1 spiro atoms. The molecule has 158 valence electrons. The molecule has 1 unspecified atom stereocenters. The molecule has 2 aliphatic heterocycles. The van der Waals surface area contributed by atoms with E-state index in [0.29, 0.717) is 6.54 Å². The molecular formula is C24H35N3O2. The van der Waals surface area contributed by atoms with Crippen LogP contribution in [0.3, 0.4) is 0 Å². The van der Waals surface area contributed by atoms with Crippen molar-refractivity contribution in [2.75, 3.05) is 39.3 Å². The number of carbonyl (C=O) groups excluding carboxylic acids is 2. The standard InChI is InChI=1S/C24H35N3O2/c28-22(25-14-9-17-26-15-7-8-16-26)21-18-27(19-24(21)12-5-2-6-13-24)23(29)20-10-3-1-4-11-20/h1,3-4,10-11,21H,2,5-9,12-19H2,(H,25,28). The van der Waals surface area contributed by atoms with E-state index in [2.05, 4.69) is 10.2 Å². The van der Waals surface area contributed by atoms with Crippen LogP contribution in [0, 0.1) is 11.3 Å². The molecule has 3 aliphatic rings. The number of benzene rings is 1. The van der Waals surface area contributed by atoms with E-state index < -0.39 is 0 Å². The first kappa shape index (κ1) is 20.4. The molecule has 2 amide bonds. The fraction of sp³-hybridized carbons (Fsp3) is 0.667. The van der Waals surface area contributed by atoms with Crippen LogP contribution in [0.25, 0.3) is 0 Å². The van der Waals surface area contributed by atoms with Crippen molar-refractivity contribution in [3.8, 4) is 0 Å². The van der Waals surface area contributed by atoms with Gasteiger partial charge in [-0.05, 0) is 63.9 Å². The Morgan fingerprint density at radius 3 is 2.45 bits per heavy atom. The minimum Gasteiger partial charge on any atom is -0.356 e. The largest absolute Gasteiger partial charge is 0.356 e. The molecule has 2 heterocycles. The number of nitrogens with zero attached hydrogens (tertiary/aromatic N) is 2. The van der Waals surface area contributed by atoms with Gasteiger partial charge in [0.15, 0.2) is 0 Å². The summed E-state index contributed by atoms with van der Waals surface area (Å²) < 4.78 is 0. The Hall–Kier alpha value is -1.88. The first-order valence-corrected chi connectivity index (χ1v) is 11.5. The summed E-state index contributed by atoms with van der Waals surface area (Å²) in [7, 11) is 0. The lowest BCUT2D eigenvalue weighted by Gasteiger charge is -2.37. The molecule has 1 saturated carbocycles. The first-order valence-electron chi connectivity index (χ1n) is 11.5. The summed E-state index contributed by atoms with van der Waals surface area (Å²) in [6.07, 6.45) is 9.36. The molecular weight excluding hydrogens is 362 g/mol. The lowest BCUT2D eigenvalue weighted by Crippen LogP contribution is -2.43. The Bertz CT molecular complexity index is 693. The van der Waals surface area contributed by atoms with Crippen LogP contribution >= 0.6 is 0 Å². The molecule has 4 rings (SSSR count). The van der Waals surface area contributed by atoms with E-state index in [0.717, 1.165) is 44.5 Å².